The quantitative estimate of drug-likeness (QED) is 0.555. The van der Waals surface area contributed by atoms with Gasteiger partial charge in [-0.1, -0.05) is 0 Å². The first-order valence-corrected chi connectivity index (χ1v) is 2.78. The highest BCUT2D eigenvalue weighted by atomic mass is 16.5. The SMILES string of the molecule is O=c1cc(-c2nn[nH]n2)o[nH]1. The van der Waals surface area contributed by atoms with Gasteiger partial charge >= 0.3 is 0 Å². The van der Waals surface area contributed by atoms with E-state index in [2.05, 4.69) is 30.3 Å². The Bertz CT molecular complexity index is 385. The van der Waals surface area contributed by atoms with Crippen molar-refractivity contribution in [3.05, 3.63) is 16.4 Å². The standard InChI is InChI=1S/C4H3N5O2/c10-3-1-2(11-7-3)4-5-8-9-6-4/h1H,(H,7,10)(H,5,6,8,9). The molecule has 2 heterocycles. The summed E-state index contributed by atoms with van der Waals surface area (Å²) in [7, 11) is 0. The lowest BCUT2D eigenvalue weighted by Gasteiger charge is -1.78. The van der Waals surface area contributed by atoms with Crippen molar-refractivity contribution in [2.75, 3.05) is 0 Å². The van der Waals surface area contributed by atoms with Gasteiger partial charge in [0.2, 0.25) is 11.6 Å². The zero-order valence-electron chi connectivity index (χ0n) is 5.24. The average molecular weight is 153 g/mol. The summed E-state index contributed by atoms with van der Waals surface area (Å²) in [6, 6.07) is 1.24. The topological polar surface area (TPSA) is 100 Å². The summed E-state index contributed by atoms with van der Waals surface area (Å²) in [5, 5.41) is 14.8. The van der Waals surface area contributed by atoms with Crippen molar-refractivity contribution in [1.29, 1.82) is 0 Å². The van der Waals surface area contributed by atoms with E-state index in [4.69, 9.17) is 0 Å². The molecular weight excluding hydrogens is 150 g/mol. The maximum absolute atomic E-state index is 10.5. The average Bonchev–Trinajstić information content (AvgIpc) is 2.55. The molecule has 2 rings (SSSR count). The summed E-state index contributed by atoms with van der Waals surface area (Å²) >= 11 is 0. The highest BCUT2D eigenvalue weighted by Gasteiger charge is 2.06. The van der Waals surface area contributed by atoms with E-state index in [0.29, 0.717) is 0 Å². The van der Waals surface area contributed by atoms with Gasteiger partial charge in [-0.2, -0.15) is 10.4 Å². The molecule has 2 aromatic rings. The monoisotopic (exact) mass is 153 g/mol. The highest BCUT2D eigenvalue weighted by Crippen LogP contribution is 2.06. The van der Waals surface area contributed by atoms with Crippen molar-refractivity contribution >= 4 is 0 Å². The van der Waals surface area contributed by atoms with Crippen LogP contribution in [-0.2, 0) is 0 Å². The van der Waals surface area contributed by atoms with E-state index >= 15 is 0 Å². The van der Waals surface area contributed by atoms with E-state index in [1.807, 2.05) is 0 Å². The summed E-state index contributed by atoms with van der Waals surface area (Å²) < 4.78 is 4.69. The number of hydrogen-bond donors (Lipinski definition) is 2. The minimum Gasteiger partial charge on any atom is -0.375 e. The lowest BCUT2D eigenvalue weighted by atomic mass is 10.4. The third kappa shape index (κ3) is 0.914. The molecule has 0 saturated carbocycles. The van der Waals surface area contributed by atoms with Crippen LogP contribution in [0.25, 0.3) is 11.6 Å². The number of nitrogens with one attached hydrogen (secondary N) is 2. The van der Waals surface area contributed by atoms with Gasteiger partial charge in [0.05, 0.1) is 6.07 Å². The molecule has 0 radical (unpaired) electrons. The molecule has 0 aliphatic heterocycles. The lowest BCUT2D eigenvalue weighted by Crippen LogP contribution is -1.92. The number of nitrogens with zero attached hydrogens (tertiary/aromatic N) is 3. The predicted molar refractivity (Wildman–Crippen MR) is 32.5 cm³/mol. The molecule has 0 unspecified atom stereocenters. The molecule has 0 atom stereocenters. The minimum atomic E-state index is -0.329. The molecule has 0 aliphatic rings. The van der Waals surface area contributed by atoms with Crippen LogP contribution >= 0.6 is 0 Å². The zero-order valence-corrected chi connectivity index (χ0v) is 5.24. The first-order chi connectivity index (χ1) is 5.36. The second-order valence-corrected chi connectivity index (χ2v) is 1.81. The first-order valence-electron chi connectivity index (χ1n) is 2.78. The fourth-order valence-electron chi connectivity index (χ4n) is 0.660. The fourth-order valence-corrected chi connectivity index (χ4v) is 0.660. The van der Waals surface area contributed by atoms with Crippen LogP contribution < -0.4 is 5.56 Å². The van der Waals surface area contributed by atoms with Gasteiger partial charge in [-0.3, -0.25) is 4.79 Å². The van der Waals surface area contributed by atoms with Gasteiger partial charge in [0.15, 0.2) is 0 Å². The summed E-state index contributed by atoms with van der Waals surface area (Å²) in [5.41, 5.74) is -0.329. The number of hydrogen-bond acceptors (Lipinski definition) is 5. The highest BCUT2D eigenvalue weighted by molar-refractivity contribution is 5.42. The maximum atomic E-state index is 10.5. The van der Waals surface area contributed by atoms with Crippen molar-refractivity contribution in [2.24, 2.45) is 0 Å². The number of rotatable bonds is 1. The Kier molecular flexibility index (Phi) is 1.08. The van der Waals surface area contributed by atoms with E-state index in [1.165, 1.54) is 6.07 Å². The molecule has 0 spiro atoms. The van der Waals surface area contributed by atoms with Crippen LogP contribution in [0.15, 0.2) is 15.4 Å². The van der Waals surface area contributed by atoms with Crippen LogP contribution in [0.4, 0.5) is 0 Å². The molecule has 11 heavy (non-hydrogen) atoms. The molecule has 0 saturated heterocycles. The van der Waals surface area contributed by atoms with Crippen LogP contribution in [0.2, 0.25) is 0 Å². The molecule has 0 aromatic carbocycles. The van der Waals surface area contributed by atoms with Gasteiger partial charge in [0, 0.05) is 0 Å². The molecule has 2 N–H and O–H groups in total. The number of tetrazole rings is 1. The number of aromatic amines is 2. The Balaban J connectivity index is 2.53. The Labute approximate surface area is 59.4 Å². The Morgan fingerprint density at radius 3 is 3.00 bits per heavy atom. The third-order valence-corrected chi connectivity index (χ3v) is 1.09. The predicted octanol–water partition coefficient (Wildman–Crippen LogP) is -0.852. The number of aromatic nitrogens is 5. The van der Waals surface area contributed by atoms with Crippen molar-refractivity contribution in [2.45, 2.75) is 0 Å². The minimum absolute atomic E-state index is 0.253. The van der Waals surface area contributed by atoms with Gasteiger partial charge in [0.1, 0.15) is 0 Å². The summed E-state index contributed by atoms with van der Waals surface area (Å²) in [6.45, 7) is 0. The molecule has 0 aliphatic carbocycles. The molecular formula is C4H3N5O2. The van der Waals surface area contributed by atoms with Crippen LogP contribution in [0, 0.1) is 0 Å². The zero-order chi connectivity index (χ0) is 7.68. The summed E-state index contributed by atoms with van der Waals surface area (Å²) in [5.74, 6) is 0.520. The van der Waals surface area contributed by atoms with Gasteiger partial charge in [-0.25, -0.2) is 0 Å². The molecule has 7 heteroatoms. The van der Waals surface area contributed by atoms with Gasteiger partial charge in [0.25, 0.3) is 5.56 Å². The normalized spacial score (nSPS) is 10.2. The van der Waals surface area contributed by atoms with E-state index in [9.17, 15) is 4.79 Å². The van der Waals surface area contributed by atoms with Crippen LogP contribution in [0.1, 0.15) is 0 Å². The largest absolute Gasteiger partial charge is 0.375 e. The van der Waals surface area contributed by atoms with Gasteiger partial charge in [-0.05, 0) is 5.21 Å². The third-order valence-electron chi connectivity index (χ3n) is 1.09. The van der Waals surface area contributed by atoms with Crippen LogP contribution in [-0.4, -0.2) is 25.8 Å². The van der Waals surface area contributed by atoms with E-state index < -0.39 is 0 Å². The molecule has 0 amide bonds. The first kappa shape index (κ1) is 5.83. The summed E-state index contributed by atoms with van der Waals surface area (Å²) in [4.78, 5) is 10.5. The lowest BCUT2D eigenvalue weighted by molar-refractivity contribution is 0.423. The summed E-state index contributed by atoms with van der Waals surface area (Å²) in [6.07, 6.45) is 0. The van der Waals surface area contributed by atoms with E-state index in [1.54, 1.807) is 0 Å². The Hall–Kier alpha value is -1.92. The van der Waals surface area contributed by atoms with E-state index in [-0.39, 0.29) is 17.1 Å². The smallest absolute Gasteiger partial charge is 0.280 e. The van der Waals surface area contributed by atoms with Crippen LogP contribution in [0.5, 0.6) is 0 Å². The maximum Gasteiger partial charge on any atom is 0.280 e. The second kappa shape index (κ2) is 2.04. The molecule has 7 nitrogen and oxygen atoms in total. The van der Waals surface area contributed by atoms with Crippen molar-refractivity contribution in [3.63, 3.8) is 0 Å². The molecule has 0 bridgehead atoms. The fraction of sp³-hybridized carbons (Fsp3) is 0. The van der Waals surface area contributed by atoms with Crippen molar-refractivity contribution in [1.82, 2.24) is 25.8 Å². The molecule has 2 aromatic heterocycles. The second-order valence-electron chi connectivity index (χ2n) is 1.81. The molecule has 56 valence electrons. The van der Waals surface area contributed by atoms with Crippen molar-refractivity contribution in [3.8, 4) is 11.6 Å². The van der Waals surface area contributed by atoms with Crippen LogP contribution in [0.3, 0.4) is 0 Å². The van der Waals surface area contributed by atoms with Crippen molar-refractivity contribution < 1.29 is 4.52 Å². The van der Waals surface area contributed by atoms with Gasteiger partial charge < -0.3 is 4.52 Å². The van der Waals surface area contributed by atoms with E-state index in [0.717, 1.165) is 0 Å². The Morgan fingerprint density at radius 2 is 2.45 bits per heavy atom. The Morgan fingerprint density at radius 1 is 1.55 bits per heavy atom. The molecule has 0 fully saturated rings. The number of H-pyrrole nitrogens is 2. The van der Waals surface area contributed by atoms with Gasteiger partial charge in [-0.15, -0.1) is 10.2 Å².